The predicted molar refractivity (Wildman–Crippen MR) is 165 cm³/mol. The molecule has 0 spiro atoms. The summed E-state index contributed by atoms with van der Waals surface area (Å²) in [5.74, 6) is 0.843. The van der Waals surface area contributed by atoms with E-state index in [1.54, 1.807) is 69.3 Å². The standard InChI is InChI=1S/C33H31N7O4/c1-22(24-10-14-26(43-3)15-11-24)39(32-34-18-6-19-35-32)30(41)28-8-5-9-29(38-28)31(42)40(33-36-20-7-21-37-33)23(2)25-12-16-27(44-4)17-13-25/h5-23H,1-4H3/t22-,23-/m1/s1. The minimum Gasteiger partial charge on any atom is -0.497 e. The van der Waals surface area contributed by atoms with Gasteiger partial charge in [-0.2, -0.15) is 0 Å². The van der Waals surface area contributed by atoms with Crippen LogP contribution in [0.4, 0.5) is 11.9 Å². The molecular formula is C33H31N7O4. The summed E-state index contributed by atoms with van der Waals surface area (Å²) in [5.41, 5.74) is 1.77. The number of rotatable bonds is 10. The molecule has 0 unspecified atom stereocenters. The molecular weight excluding hydrogens is 558 g/mol. The molecule has 0 fully saturated rings. The van der Waals surface area contributed by atoms with Crippen LogP contribution in [0.5, 0.6) is 11.5 Å². The molecule has 0 saturated carbocycles. The topological polar surface area (TPSA) is 124 Å². The Morgan fingerprint density at radius 3 is 1.27 bits per heavy atom. The fraction of sp³-hybridized carbons (Fsp3) is 0.182. The Labute approximate surface area is 255 Å². The second-order valence-electron chi connectivity index (χ2n) is 9.75. The smallest absolute Gasteiger partial charge is 0.279 e. The zero-order chi connectivity index (χ0) is 31.1. The number of anilines is 2. The molecule has 0 N–H and O–H groups in total. The van der Waals surface area contributed by atoms with E-state index in [9.17, 15) is 9.59 Å². The van der Waals surface area contributed by atoms with E-state index in [1.807, 2.05) is 62.4 Å². The van der Waals surface area contributed by atoms with E-state index in [2.05, 4.69) is 24.9 Å². The first-order valence-electron chi connectivity index (χ1n) is 13.9. The van der Waals surface area contributed by atoms with Crippen molar-refractivity contribution in [3.05, 3.63) is 126 Å². The van der Waals surface area contributed by atoms with Crippen molar-refractivity contribution in [2.75, 3.05) is 24.0 Å². The number of hydrogen-bond acceptors (Lipinski definition) is 9. The van der Waals surface area contributed by atoms with Crippen molar-refractivity contribution in [3.63, 3.8) is 0 Å². The molecule has 222 valence electrons. The minimum atomic E-state index is -0.472. The van der Waals surface area contributed by atoms with E-state index in [-0.39, 0.29) is 23.3 Å². The lowest BCUT2D eigenvalue weighted by molar-refractivity contribution is 0.0967. The number of carbonyl (C=O) groups excluding carboxylic acids is 2. The van der Waals surface area contributed by atoms with Crippen molar-refractivity contribution in [2.24, 2.45) is 0 Å². The first kappa shape index (κ1) is 29.8. The fourth-order valence-electron chi connectivity index (χ4n) is 4.69. The number of methoxy groups -OCH3 is 2. The molecule has 5 rings (SSSR count). The number of aromatic nitrogens is 5. The highest BCUT2D eigenvalue weighted by atomic mass is 16.5. The third-order valence-corrected chi connectivity index (χ3v) is 7.13. The summed E-state index contributed by atoms with van der Waals surface area (Å²) >= 11 is 0. The number of ether oxygens (including phenoxy) is 2. The molecule has 0 saturated heterocycles. The maximum absolute atomic E-state index is 14.1. The van der Waals surface area contributed by atoms with Gasteiger partial charge in [-0.15, -0.1) is 0 Å². The van der Waals surface area contributed by atoms with E-state index in [0.29, 0.717) is 11.5 Å². The van der Waals surface area contributed by atoms with Gasteiger partial charge < -0.3 is 9.47 Å². The summed E-state index contributed by atoms with van der Waals surface area (Å²) in [7, 11) is 3.18. The van der Waals surface area contributed by atoms with Crippen LogP contribution in [0.3, 0.4) is 0 Å². The molecule has 0 bridgehead atoms. The van der Waals surface area contributed by atoms with Crippen molar-refractivity contribution in [1.29, 1.82) is 0 Å². The van der Waals surface area contributed by atoms with Gasteiger partial charge in [0.2, 0.25) is 11.9 Å². The van der Waals surface area contributed by atoms with Gasteiger partial charge in [0.15, 0.2) is 0 Å². The Morgan fingerprint density at radius 1 is 0.568 bits per heavy atom. The molecule has 11 heteroatoms. The Kier molecular flexibility index (Phi) is 9.14. The van der Waals surface area contributed by atoms with Gasteiger partial charge in [0.25, 0.3) is 11.8 Å². The Bertz CT molecular complexity index is 1580. The summed E-state index contributed by atoms with van der Waals surface area (Å²) in [6, 6.07) is 21.9. The van der Waals surface area contributed by atoms with E-state index in [1.165, 1.54) is 9.80 Å². The normalized spacial score (nSPS) is 12.1. The van der Waals surface area contributed by atoms with Crippen LogP contribution in [-0.2, 0) is 0 Å². The van der Waals surface area contributed by atoms with E-state index in [4.69, 9.17) is 9.47 Å². The van der Waals surface area contributed by atoms with Crippen molar-refractivity contribution in [3.8, 4) is 11.5 Å². The van der Waals surface area contributed by atoms with Crippen LogP contribution in [0.15, 0.2) is 104 Å². The number of pyridine rings is 1. The molecule has 11 nitrogen and oxygen atoms in total. The lowest BCUT2D eigenvalue weighted by Crippen LogP contribution is -2.37. The third kappa shape index (κ3) is 6.36. The van der Waals surface area contributed by atoms with Crippen LogP contribution in [0.25, 0.3) is 0 Å². The summed E-state index contributed by atoms with van der Waals surface area (Å²) in [5, 5.41) is 0. The minimum absolute atomic E-state index is 0.0506. The average Bonchev–Trinajstić information content (AvgIpc) is 3.09. The van der Waals surface area contributed by atoms with Gasteiger partial charge in [-0.05, 0) is 73.5 Å². The van der Waals surface area contributed by atoms with Gasteiger partial charge in [-0.25, -0.2) is 24.9 Å². The van der Waals surface area contributed by atoms with E-state index >= 15 is 0 Å². The van der Waals surface area contributed by atoms with Crippen molar-refractivity contribution < 1.29 is 19.1 Å². The summed E-state index contributed by atoms with van der Waals surface area (Å²) in [6.45, 7) is 3.74. The van der Waals surface area contributed by atoms with Crippen molar-refractivity contribution in [2.45, 2.75) is 25.9 Å². The lowest BCUT2D eigenvalue weighted by Gasteiger charge is -2.28. The molecule has 5 aromatic rings. The molecule has 0 radical (unpaired) electrons. The Balaban J connectivity index is 1.51. The van der Waals surface area contributed by atoms with Gasteiger partial charge in [0.1, 0.15) is 22.9 Å². The maximum Gasteiger partial charge on any atom is 0.279 e. The molecule has 44 heavy (non-hydrogen) atoms. The van der Waals surface area contributed by atoms with Gasteiger partial charge in [0.05, 0.1) is 26.3 Å². The zero-order valence-corrected chi connectivity index (χ0v) is 24.7. The third-order valence-electron chi connectivity index (χ3n) is 7.13. The molecule has 0 aliphatic carbocycles. The summed E-state index contributed by atoms with van der Waals surface area (Å²) < 4.78 is 10.6. The van der Waals surface area contributed by atoms with Crippen LogP contribution >= 0.6 is 0 Å². The van der Waals surface area contributed by atoms with Gasteiger partial charge in [-0.1, -0.05) is 30.3 Å². The van der Waals surface area contributed by atoms with Crippen molar-refractivity contribution >= 4 is 23.7 Å². The molecule has 2 atom stereocenters. The first-order valence-corrected chi connectivity index (χ1v) is 13.9. The largest absolute Gasteiger partial charge is 0.497 e. The number of carbonyl (C=O) groups is 2. The highest BCUT2D eigenvalue weighted by molar-refractivity contribution is 6.07. The number of nitrogens with zero attached hydrogens (tertiary/aromatic N) is 7. The van der Waals surface area contributed by atoms with Crippen LogP contribution in [0.1, 0.15) is 58.0 Å². The van der Waals surface area contributed by atoms with Crippen LogP contribution in [0.2, 0.25) is 0 Å². The SMILES string of the molecule is COc1ccc([C@@H](C)N(C(=O)c2cccc(C(=O)N(c3ncccn3)[C@H](C)c3ccc(OC)cc3)n2)c2ncccn2)cc1. The number of hydrogen-bond donors (Lipinski definition) is 0. The van der Waals surface area contributed by atoms with Crippen LogP contribution in [0, 0.1) is 0 Å². The zero-order valence-electron chi connectivity index (χ0n) is 24.7. The van der Waals surface area contributed by atoms with Crippen LogP contribution < -0.4 is 19.3 Å². The fourth-order valence-corrected chi connectivity index (χ4v) is 4.69. The highest BCUT2D eigenvalue weighted by Crippen LogP contribution is 2.29. The quantitative estimate of drug-likeness (QED) is 0.208. The number of amides is 2. The molecule has 2 aromatic carbocycles. The van der Waals surface area contributed by atoms with Crippen molar-refractivity contribution in [1.82, 2.24) is 24.9 Å². The second kappa shape index (κ2) is 13.5. The molecule has 0 aliphatic heterocycles. The lowest BCUT2D eigenvalue weighted by atomic mass is 10.1. The summed E-state index contributed by atoms with van der Waals surface area (Å²) in [4.78, 5) is 53.0. The molecule has 3 aromatic heterocycles. The Morgan fingerprint density at radius 2 is 0.932 bits per heavy atom. The van der Waals surface area contributed by atoms with Gasteiger partial charge in [0, 0.05) is 24.8 Å². The monoisotopic (exact) mass is 589 g/mol. The van der Waals surface area contributed by atoms with Gasteiger partial charge >= 0.3 is 0 Å². The highest BCUT2D eigenvalue weighted by Gasteiger charge is 2.31. The predicted octanol–water partition coefficient (Wildman–Crippen LogP) is 5.49. The van der Waals surface area contributed by atoms with E-state index < -0.39 is 23.9 Å². The molecule has 0 aliphatic rings. The Hall–Kier alpha value is -5.71. The van der Waals surface area contributed by atoms with Gasteiger partial charge in [-0.3, -0.25) is 19.4 Å². The van der Waals surface area contributed by atoms with Crippen LogP contribution in [-0.4, -0.2) is 51.0 Å². The molecule has 3 heterocycles. The molecule has 2 amide bonds. The average molecular weight is 590 g/mol. The first-order chi connectivity index (χ1) is 21.4. The van der Waals surface area contributed by atoms with E-state index in [0.717, 1.165) is 11.1 Å². The maximum atomic E-state index is 14.1. The summed E-state index contributed by atoms with van der Waals surface area (Å²) in [6.07, 6.45) is 6.26. The number of benzene rings is 2. The second-order valence-corrected chi connectivity index (χ2v) is 9.75.